The zero-order chi connectivity index (χ0) is 15.4. The normalized spacial score (nSPS) is 21.9. The van der Waals surface area contributed by atoms with Crippen LogP contribution in [0.25, 0.3) is 0 Å². The molecule has 5 nitrogen and oxygen atoms in total. The van der Waals surface area contributed by atoms with Gasteiger partial charge in [0.2, 0.25) is 11.8 Å². The van der Waals surface area contributed by atoms with Gasteiger partial charge >= 0.3 is 0 Å². The molecule has 0 saturated carbocycles. The van der Waals surface area contributed by atoms with Crippen LogP contribution in [0.3, 0.4) is 0 Å². The highest BCUT2D eigenvalue weighted by atomic mass is 19.1. The Kier molecular flexibility index (Phi) is 4.77. The summed E-state index contributed by atoms with van der Waals surface area (Å²) in [4.78, 5) is 23.1. The number of rotatable bonds is 5. The maximum absolute atomic E-state index is 13.9. The zero-order valence-electron chi connectivity index (χ0n) is 12.2. The third kappa shape index (κ3) is 3.71. The van der Waals surface area contributed by atoms with E-state index in [1.54, 1.807) is 19.1 Å². The van der Waals surface area contributed by atoms with Gasteiger partial charge in [0.25, 0.3) is 0 Å². The molecule has 1 aromatic rings. The van der Waals surface area contributed by atoms with Gasteiger partial charge in [-0.3, -0.25) is 14.9 Å². The van der Waals surface area contributed by atoms with E-state index in [2.05, 4.69) is 16.0 Å². The first kappa shape index (κ1) is 15.3. The first-order chi connectivity index (χ1) is 10.0. The molecule has 2 rings (SSSR count). The number of carbonyl (C=O) groups is 2. The van der Waals surface area contributed by atoms with Crippen molar-refractivity contribution >= 4 is 23.2 Å². The summed E-state index contributed by atoms with van der Waals surface area (Å²) in [6, 6.07) is 4.19. The van der Waals surface area contributed by atoms with Gasteiger partial charge in [-0.05, 0) is 31.0 Å². The van der Waals surface area contributed by atoms with Crippen molar-refractivity contribution in [2.24, 2.45) is 5.92 Å². The van der Waals surface area contributed by atoms with Gasteiger partial charge in [0.05, 0.1) is 5.69 Å². The number of carbonyl (C=O) groups excluding carboxylic acids is 2. The van der Waals surface area contributed by atoms with Crippen molar-refractivity contribution in [1.29, 1.82) is 0 Å². The van der Waals surface area contributed by atoms with Crippen LogP contribution in [0, 0.1) is 11.7 Å². The lowest BCUT2D eigenvalue weighted by Crippen LogP contribution is -2.51. The number of hydrogen-bond donors (Lipinski definition) is 3. The molecular formula is C15H20FN3O2. The first-order valence-electron chi connectivity index (χ1n) is 7.16. The van der Waals surface area contributed by atoms with Gasteiger partial charge in [0.1, 0.15) is 11.9 Å². The molecule has 1 fully saturated rings. The number of hydrogen-bond acceptors (Lipinski definition) is 4. The molecule has 0 aromatic heterocycles. The van der Waals surface area contributed by atoms with Crippen LogP contribution in [0.15, 0.2) is 18.2 Å². The summed E-state index contributed by atoms with van der Waals surface area (Å²) in [5, 5.41) is 8.27. The molecule has 1 unspecified atom stereocenters. The van der Waals surface area contributed by atoms with Crippen molar-refractivity contribution < 1.29 is 14.0 Å². The highest BCUT2D eigenvalue weighted by molar-refractivity contribution is 6.02. The van der Waals surface area contributed by atoms with Crippen molar-refractivity contribution in [2.75, 3.05) is 17.2 Å². The standard InChI is InChI=1S/C15H20FN3O2/c1-3-6-17-12-5-4-10(8-11(12)16)18-13-7-9(2)14(20)19-15(13)21/h4-5,8-9,13,17-18H,3,6-7H2,1-2H3,(H,19,20,21)/t9-,13?/m1/s1. The Bertz CT molecular complexity index is 548. The molecule has 3 N–H and O–H groups in total. The Balaban J connectivity index is 2.04. The van der Waals surface area contributed by atoms with Crippen LogP contribution in [0.2, 0.25) is 0 Å². The molecule has 1 aromatic carbocycles. The van der Waals surface area contributed by atoms with E-state index >= 15 is 0 Å². The lowest BCUT2D eigenvalue weighted by atomic mass is 9.96. The minimum atomic E-state index is -0.522. The minimum Gasteiger partial charge on any atom is -0.383 e. The molecule has 21 heavy (non-hydrogen) atoms. The van der Waals surface area contributed by atoms with Gasteiger partial charge in [0, 0.05) is 18.2 Å². The highest BCUT2D eigenvalue weighted by Crippen LogP contribution is 2.22. The van der Waals surface area contributed by atoms with Crippen molar-refractivity contribution in [3.05, 3.63) is 24.0 Å². The quantitative estimate of drug-likeness (QED) is 0.727. The predicted molar refractivity (Wildman–Crippen MR) is 79.5 cm³/mol. The molecular weight excluding hydrogens is 273 g/mol. The molecule has 1 heterocycles. The lowest BCUT2D eigenvalue weighted by Gasteiger charge is -2.27. The van der Waals surface area contributed by atoms with Crippen LogP contribution < -0.4 is 16.0 Å². The Hall–Kier alpha value is -2.11. The van der Waals surface area contributed by atoms with Crippen LogP contribution in [0.5, 0.6) is 0 Å². The second-order valence-corrected chi connectivity index (χ2v) is 5.31. The monoisotopic (exact) mass is 293 g/mol. The lowest BCUT2D eigenvalue weighted by molar-refractivity contribution is -0.136. The summed E-state index contributed by atoms with van der Waals surface area (Å²) in [6.45, 7) is 4.47. The molecule has 0 bridgehead atoms. The summed E-state index contributed by atoms with van der Waals surface area (Å²) < 4.78 is 13.9. The van der Waals surface area contributed by atoms with E-state index in [1.807, 2.05) is 6.92 Å². The first-order valence-corrected chi connectivity index (χ1v) is 7.16. The number of halogens is 1. The Morgan fingerprint density at radius 1 is 1.33 bits per heavy atom. The molecule has 1 aliphatic rings. The second-order valence-electron chi connectivity index (χ2n) is 5.31. The number of piperidine rings is 1. The SMILES string of the molecule is CCCNc1ccc(NC2C[C@@H](C)C(=O)NC2=O)cc1F. The van der Waals surface area contributed by atoms with Gasteiger partial charge in [-0.2, -0.15) is 0 Å². The van der Waals surface area contributed by atoms with E-state index in [4.69, 9.17) is 0 Å². The van der Waals surface area contributed by atoms with Crippen molar-refractivity contribution in [3.63, 3.8) is 0 Å². The van der Waals surface area contributed by atoms with Gasteiger partial charge < -0.3 is 10.6 Å². The van der Waals surface area contributed by atoms with E-state index < -0.39 is 6.04 Å². The van der Waals surface area contributed by atoms with Crippen molar-refractivity contribution in [2.45, 2.75) is 32.7 Å². The van der Waals surface area contributed by atoms with Gasteiger partial charge in [-0.1, -0.05) is 13.8 Å². The largest absolute Gasteiger partial charge is 0.383 e. The summed E-state index contributed by atoms with van der Waals surface area (Å²) in [5.41, 5.74) is 0.968. The molecule has 2 amide bonds. The number of imide groups is 1. The highest BCUT2D eigenvalue weighted by Gasteiger charge is 2.31. The molecule has 1 aliphatic heterocycles. The van der Waals surface area contributed by atoms with Crippen LogP contribution >= 0.6 is 0 Å². The maximum Gasteiger partial charge on any atom is 0.249 e. The number of benzene rings is 1. The van der Waals surface area contributed by atoms with E-state index in [-0.39, 0.29) is 23.5 Å². The van der Waals surface area contributed by atoms with E-state index in [9.17, 15) is 14.0 Å². The second kappa shape index (κ2) is 6.56. The average Bonchev–Trinajstić information content (AvgIpc) is 2.44. The fourth-order valence-electron chi connectivity index (χ4n) is 2.23. The molecule has 0 aliphatic carbocycles. The number of amides is 2. The summed E-state index contributed by atoms with van der Waals surface area (Å²) in [6.07, 6.45) is 1.32. The Morgan fingerprint density at radius 3 is 2.76 bits per heavy atom. The topological polar surface area (TPSA) is 70.2 Å². The average molecular weight is 293 g/mol. The van der Waals surface area contributed by atoms with Gasteiger partial charge in [-0.15, -0.1) is 0 Å². The molecule has 6 heteroatoms. The van der Waals surface area contributed by atoms with Crippen molar-refractivity contribution in [3.8, 4) is 0 Å². The molecule has 1 saturated heterocycles. The Morgan fingerprint density at radius 2 is 2.10 bits per heavy atom. The number of nitrogens with one attached hydrogen (secondary N) is 3. The molecule has 0 radical (unpaired) electrons. The molecule has 114 valence electrons. The summed E-state index contributed by atoms with van der Waals surface area (Å²) >= 11 is 0. The fraction of sp³-hybridized carbons (Fsp3) is 0.467. The van der Waals surface area contributed by atoms with Gasteiger partial charge in [0.15, 0.2) is 0 Å². The number of anilines is 2. The third-order valence-electron chi connectivity index (χ3n) is 3.48. The Labute approximate surface area is 123 Å². The van der Waals surface area contributed by atoms with Crippen LogP contribution in [-0.4, -0.2) is 24.4 Å². The summed E-state index contributed by atoms with van der Waals surface area (Å²) in [7, 11) is 0. The molecule has 2 atom stereocenters. The van der Waals surface area contributed by atoms with Crippen LogP contribution in [-0.2, 0) is 9.59 Å². The predicted octanol–water partition coefficient (Wildman–Crippen LogP) is 2.11. The van der Waals surface area contributed by atoms with Crippen molar-refractivity contribution in [1.82, 2.24) is 5.32 Å². The minimum absolute atomic E-state index is 0.240. The van der Waals surface area contributed by atoms with E-state index in [1.165, 1.54) is 6.07 Å². The van der Waals surface area contributed by atoms with Gasteiger partial charge in [-0.25, -0.2) is 4.39 Å². The third-order valence-corrected chi connectivity index (χ3v) is 3.48. The van der Waals surface area contributed by atoms with Crippen LogP contribution in [0.4, 0.5) is 15.8 Å². The van der Waals surface area contributed by atoms with E-state index in [0.717, 1.165) is 6.42 Å². The molecule has 0 spiro atoms. The van der Waals surface area contributed by atoms with E-state index in [0.29, 0.717) is 24.3 Å². The fourth-order valence-corrected chi connectivity index (χ4v) is 2.23. The maximum atomic E-state index is 13.9. The smallest absolute Gasteiger partial charge is 0.249 e. The van der Waals surface area contributed by atoms with Crippen LogP contribution in [0.1, 0.15) is 26.7 Å². The zero-order valence-corrected chi connectivity index (χ0v) is 12.2. The summed E-state index contributed by atoms with van der Waals surface area (Å²) in [5.74, 6) is -1.24.